The molecule has 1 aliphatic heterocycles. The van der Waals surface area contributed by atoms with Crippen LogP contribution < -0.4 is 0 Å². The third-order valence-electron chi connectivity index (χ3n) is 4.89. The molecule has 1 heterocycles. The largest absolute Gasteiger partial charge is 0.480 e. The van der Waals surface area contributed by atoms with E-state index >= 15 is 0 Å². The van der Waals surface area contributed by atoms with Crippen molar-refractivity contribution in [2.24, 2.45) is 5.92 Å². The van der Waals surface area contributed by atoms with Crippen LogP contribution in [0.4, 0.5) is 0 Å². The zero-order valence-corrected chi connectivity index (χ0v) is 16.5. The van der Waals surface area contributed by atoms with Crippen LogP contribution in [0.15, 0.2) is 0 Å². The summed E-state index contributed by atoms with van der Waals surface area (Å²) < 4.78 is 0. The van der Waals surface area contributed by atoms with Gasteiger partial charge in [0.05, 0.1) is 13.1 Å². The van der Waals surface area contributed by atoms with Crippen molar-refractivity contribution in [3.63, 3.8) is 0 Å². The maximum atomic E-state index is 11.9. The molecule has 1 rings (SSSR count). The fraction of sp³-hybridized carbons (Fsp3) is 0.778. The monoisotopic (exact) mass is 401 g/mol. The molecule has 0 aliphatic carbocycles. The molecule has 0 bridgehead atoms. The third-order valence-corrected chi connectivity index (χ3v) is 4.89. The first-order valence-corrected chi connectivity index (χ1v) is 9.48. The van der Waals surface area contributed by atoms with E-state index in [0.717, 1.165) is 0 Å². The maximum Gasteiger partial charge on any atom is 0.320 e. The summed E-state index contributed by atoms with van der Waals surface area (Å²) in [6, 6.07) is -0.876. The highest BCUT2D eigenvalue weighted by atomic mass is 16.4. The van der Waals surface area contributed by atoms with Gasteiger partial charge in [-0.05, 0) is 6.42 Å². The molecule has 0 radical (unpaired) electrons. The molecule has 0 spiro atoms. The van der Waals surface area contributed by atoms with Gasteiger partial charge in [0.15, 0.2) is 0 Å². The number of carbonyl (C=O) groups is 4. The lowest BCUT2D eigenvalue weighted by atomic mass is 10.0. The Balaban J connectivity index is 2.91. The van der Waals surface area contributed by atoms with E-state index in [1.807, 2.05) is 0 Å². The van der Waals surface area contributed by atoms with Gasteiger partial charge < -0.3 is 15.3 Å². The molecular weight excluding hydrogens is 370 g/mol. The second-order valence-electron chi connectivity index (χ2n) is 7.39. The fourth-order valence-corrected chi connectivity index (χ4v) is 3.20. The lowest BCUT2D eigenvalue weighted by molar-refractivity contribution is -0.144. The van der Waals surface area contributed by atoms with Crippen LogP contribution in [0.5, 0.6) is 0 Å². The number of ketones is 1. The summed E-state index contributed by atoms with van der Waals surface area (Å²) >= 11 is 0. The topological polar surface area (TPSA) is 139 Å². The zero-order chi connectivity index (χ0) is 21.3. The Morgan fingerprint density at radius 3 is 1.57 bits per heavy atom. The Hall–Kier alpha value is -2.04. The molecule has 0 aromatic rings. The molecule has 3 N–H and O–H groups in total. The minimum atomic E-state index is -1.04. The van der Waals surface area contributed by atoms with E-state index in [1.54, 1.807) is 28.5 Å². The van der Waals surface area contributed by atoms with Crippen molar-refractivity contribution in [2.75, 3.05) is 52.4 Å². The van der Waals surface area contributed by atoms with Crippen molar-refractivity contribution in [1.29, 1.82) is 0 Å². The van der Waals surface area contributed by atoms with Crippen molar-refractivity contribution in [3.8, 4) is 0 Å². The molecule has 1 aliphatic rings. The fourth-order valence-electron chi connectivity index (χ4n) is 3.20. The third kappa shape index (κ3) is 8.77. The van der Waals surface area contributed by atoms with Crippen LogP contribution in [0, 0.1) is 5.92 Å². The van der Waals surface area contributed by atoms with Crippen molar-refractivity contribution in [1.82, 2.24) is 14.7 Å². The van der Waals surface area contributed by atoms with E-state index in [4.69, 9.17) is 10.2 Å². The summed E-state index contributed by atoms with van der Waals surface area (Å²) in [6.07, 6.45) is 0.326. The van der Waals surface area contributed by atoms with Crippen LogP contribution in [0.25, 0.3) is 0 Å². The maximum absolute atomic E-state index is 11.9. The highest BCUT2D eigenvalue weighted by molar-refractivity contribution is 5.81. The first kappa shape index (κ1) is 24.0. The Morgan fingerprint density at radius 1 is 0.786 bits per heavy atom. The number of nitrogens with zero attached hydrogens (tertiary/aromatic N) is 3. The van der Waals surface area contributed by atoms with Gasteiger partial charge in [0, 0.05) is 51.6 Å². The normalized spacial score (nSPS) is 18.8. The summed E-state index contributed by atoms with van der Waals surface area (Å²) in [5.41, 5.74) is 0. The van der Waals surface area contributed by atoms with Gasteiger partial charge in [0.1, 0.15) is 11.8 Å². The smallest absolute Gasteiger partial charge is 0.320 e. The molecule has 10 nitrogen and oxygen atoms in total. The number of carboxylic acids is 3. The highest BCUT2D eigenvalue weighted by Crippen LogP contribution is 2.13. The lowest BCUT2D eigenvalue weighted by Crippen LogP contribution is -2.47. The molecule has 0 amide bonds. The molecule has 0 aromatic heterocycles. The van der Waals surface area contributed by atoms with E-state index < -0.39 is 23.9 Å². The minimum absolute atomic E-state index is 0.00414. The summed E-state index contributed by atoms with van der Waals surface area (Å²) in [7, 11) is 0. The highest BCUT2D eigenvalue weighted by Gasteiger charge is 2.29. The first-order chi connectivity index (χ1) is 13.1. The van der Waals surface area contributed by atoms with E-state index in [9.17, 15) is 24.3 Å². The van der Waals surface area contributed by atoms with Gasteiger partial charge in [-0.2, -0.15) is 0 Å². The van der Waals surface area contributed by atoms with E-state index in [2.05, 4.69) is 0 Å². The van der Waals surface area contributed by atoms with Gasteiger partial charge in [-0.3, -0.25) is 33.9 Å². The molecule has 1 fully saturated rings. The summed E-state index contributed by atoms with van der Waals surface area (Å²) in [4.78, 5) is 51.0. The van der Waals surface area contributed by atoms with Gasteiger partial charge in [0.2, 0.25) is 0 Å². The van der Waals surface area contributed by atoms with Crippen LogP contribution in [0.2, 0.25) is 0 Å². The Labute approximate surface area is 164 Å². The number of aliphatic carboxylic acids is 3. The molecule has 160 valence electrons. The molecule has 0 aromatic carbocycles. The molecular formula is C18H31N3O7. The predicted octanol–water partition coefficient (Wildman–Crippen LogP) is -0.466. The van der Waals surface area contributed by atoms with Crippen LogP contribution in [0.1, 0.15) is 26.7 Å². The van der Waals surface area contributed by atoms with Gasteiger partial charge in [-0.15, -0.1) is 0 Å². The van der Waals surface area contributed by atoms with E-state index in [-0.39, 0.29) is 37.6 Å². The van der Waals surface area contributed by atoms with Gasteiger partial charge in [-0.25, -0.2) is 0 Å². The number of carboxylic acid groups (broad SMARTS) is 3. The van der Waals surface area contributed by atoms with Gasteiger partial charge >= 0.3 is 17.9 Å². The average Bonchev–Trinajstić information content (AvgIpc) is 2.66. The van der Waals surface area contributed by atoms with Crippen molar-refractivity contribution in [3.05, 3.63) is 0 Å². The average molecular weight is 401 g/mol. The van der Waals surface area contributed by atoms with Crippen LogP contribution in [0.3, 0.4) is 0 Å². The Kier molecular flexibility index (Phi) is 10.0. The lowest BCUT2D eigenvalue weighted by Gasteiger charge is -2.30. The molecule has 1 saturated heterocycles. The second-order valence-corrected chi connectivity index (χ2v) is 7.39. The number of carbonyl (C=O) groups excluding carboxylic acids is 1. The van der Waals surface area contributed by atoms with Crippen molar-refractivity contribution in [2.45, 2.75) is 32.7 Å². The van der Waals surface area contributed by atoms with Crippen LogP contribution in [-0.2, 0) is 19.2 Å². The second kappa shape index (κ2) is 11.7. The SMILES string of the molecule is CC(C)C(=O)CCC(C(=O)O)N1CCN(CC(=O)O)CCN(CC(=O)O)CC1. The van der Waals surface area contributed by atoms with E-state index in [0.29, 0.717) is 39.3 Å². The Morgan fingerprint density at radius 2 is 1.21 bits per heavy atom. The number of Topliss-reactive ketones (excluding diaryl/α,β-unsaturated/α-hetero) is 1. The zero-order valence-electron chi connectivity index (χ0n) is 16.5. The van der Waals surface area contributed by atoms with Gasteiger partial charge in [-0.1, -0.05) is 13.8 Å². The van der Waals surface area contributed by atoms with Crippen LogP contribution in [-0.4, -0.2) is 112 Å². The predicted molar refractivity (Wildman–Crippen MR) is 100 cm³/mol. The van der Waals surface area contributed by atoms with Gasteiger partial charge in [0.25, 0.3) is 0 Å². The van der Waals surface area contributed by atoms with Crippen molar-refractivity contribution >= 4 is 23.7 Å². The van der Waals surface area contributed by atoms with E-state index in [1.165, 1.54) is 0 Å². The molecule has 28 heavy (non-hydrogen) atoms. The molecule has 1 atom stereocenters. The molecule has 10 heteroatoms. The van der Waals surface area contributed by atoms with Crippen LogP contribution >= 0.6 is 0 Å². The minimum Gasteiger partial charge on any atom is -0.480 e. The number of rotatable bonds is 10. The standard InChI is InChI=1S/C18H31N3O7/c1-13(2)15(22)4-3-14(18(27)28)21-9-7-19(11-16(23)24)5-6-20(8-10-21)12-17(25)26/h13-14H,3-12H2,1-2H3,(H,23,24)(H,25,26)(H,27,28). The summed E-state index contributed by atoms with van der Waals surface area (Å²) in [5, 5.41) is 27.8. The first-order valence-electron chi connectivity index (χ1n) is 9.48. The number of hydrogen-bond donors (Lipinski definition) is 3. The molecule has 0 saturated carbocycles. The molecule has 1 unspecified atom stereocenters. The Bertz CT molecular complexity index is 539. The number of hydrogen-bond acceptors (Lipinski definition) is 7. The van der Waals surface area contributed by atoms with Crippen molar-refractivity contribution < 1.29 is 34.5 Å². The summed E-state index contributed by atoms with van der Waals surface area (Å²) in [6.45, 7) is 5.30. The summed E-state index contributed by atoms with van der Waals surface area (Å²) in [5.74, 6) is -3.19. The quantitative estimate of drug-likeness (QED) is 0.440.